The molecule has 1 amide bonds. The summed E-state index contributed by atoms with van der Waals surface area (Å²) in [5, 5.41) is 3.04. The zero-order chi connectivity index (χ0) is 17.4. The van der Waals surface area contributed by atoms with Gasteiger partial charge in [0, 0.05) is 20.1 Å². The van der Waals surface area contributed by atoms with Gasteiger partial charge in [0.25, 0.3) is 5.91 Å². The number of amides is 1. The highest BCUT2D eigenvalue weighted by Gasteiger charge is 2.17. The molecule has 0 spiro atoms. The van der Waals surface area contributed by atoms with Gasteiger partial charge in [-0.1, -0.05) is 24.3 Å². The lowest BCUT2D eigenvalue weighted by atomic mass is 10.1. The van der Waals surface area contributed by atoms with Crippen LogP contribution < -0.4 is 14.8 Å². The summed E-state index contributed by atoms with van der Waals surface area (Å²) in [6.45, 7) is 3.83. The molecule has 6 heteroatoms. The number of hydrogen-bond donors (Lipinski definition) is 1. The molecule has 2 rings (SSSR count). The molecule has 2 aromatic rings. The predicted octanol–water partition coefficient (Wildman–Crippen LogP) is 3.59. The monoisotopic (exact) mass is 364 g/mol. The lowest BCUT2D eigenvalue weighted by Crippen LogP contribution is -2.32. The smallest absolute Gasteiger partial charge is 0.257 e. The van der Waals surface area contributed by atoms with E-state index in [-0.39, 0.29) is 18.3 Å². The molecule has 136 valence electrons. The Morgan fingerprint density at radius 3 is 2.28 bits per heavy atom. The SMILES string of the molecule is CCOc1ccccc1Oc1ccccc1C(=O)N(C)CCNC.Cl. The summed E-state index contributed by atoms with van der Waals surface area (Å²) < 4.78 is 11.6. The molecule has 0 unspecified atom stereocenters. The highest BCUT2D eigenvalue weighted by atomic mass is 35.5. The lowest BCUT2D eigenvalue weighted by Gasteiger charge is -2.19. The van der Waals surface area contributed by atoms with Gasteiger partial charge in [-0.05, 0) is 38.2 Å². The standard InChI is InChI=1S/C19H24N2O3.ClH/c1-4-23-17-11-7-8-12-18(17)24-16-10-6-5-9-15(16)19(22)21(3)14-13-20-2;/h5-12,20H,4,13-14H2,1-3H3;1H. The summed E-state index contributed by atoms with van der Waals surface area (Å²) in [5.74, 6) is 1.70. The third-order valence-electron chi connectivity index (χ3n) is 3.53. The number of nitrogens with zero attached hydrogens (tertiary/aromatic N) is 1. The molecular formula is C19H25ClN2O3. The van der Waals surface area contributed by atoms with Crippen molar-refractivity contribution in [1.82, 2.24) is 10.2 Å². The molecule has 0 saturated carbocycles. The second kappa shape index (κ2) is 10.6. The van der Waals surface area contributed by atoms with Gasteiger partial charge in [-0.15, -0.1) is 12.4 Å². The molecule has 2 aromatic carbocycles. The molecule has 0 radical (unpaired) electrons. The first-order valence-corrected chi connectivity index (χ1v) is 8.06. The molecule has 25 heavy (non-hydrogen) atoms. The van der Waals surface area contributed by atoms with Gasteiger partial charge in [-0.2, -0.15) is 0 Å². The molecule has 0 aliphatic carbocycles. The van der Waals surface area contributed by atoms with E-state index in [0.717, 1.165) is 6.54 Å². The fourth-order valence-electron chi connectivity index (χ4n) is 2.25. The first kappa shape index (κ1) is 20.8. The van der Waals surface area contributed by atoms with Crippen LogP contribution in [0.25, 0.3) is 0 Å². The van der Waals surface area contributed by atoms with Crippen LogP contribution in [0.5, 0.6) is 17.2 Å². The molecule has 0 saturated heterocycles. The van der Waals surface area contributed by atoms with Crippen LogP contribution in [0.1, 0.15) is 17.3 Å². The van der Waals surface area contributed by atoms with Crippen LogP contribution in [0.4, 0.5) is 0 Å². The number of nitrogens with one attached hydrogen (secondary N) is 1. The summed E-state index contributed by atoms with van der Waals surface area (Å²) in [5.41, 5.74) is 0.530. The Bertz CT molecular complexity index is 679. The van der Waals surface area contributed by atoms with Gasteiger partial charge in [0.05, 0.1) is 12.2 Å². The average Bonchev–Trinajstić information content (AvgIpc) is 2.61. The third-order valence-corrected chi connectivity index (χ3v) is 3.53. The van der Waals surface area contributed by atoms with Gasteiger partial charge in [0.1, 0.15) is 5.75 Å². The number of carbonyl (C=O) groups is 1. The lowest BCUT2D eigenvalue weighted by molar-refractivity contribution is 0.0794. The maximum Gasteiger partial charge on any atom is 0.257 e. The van der Waals surface area contributed by atoms with Crippen molar-refractivity contribution >= 4 is 18.3 Å². The Morgan fingerprint density at radius 2 is 1.64 bits per heavy atom. The van der Waals surface area contributed by atoms with E-state index in [9.17, 15) is 4.79 Å². The fraction of sp³-hybridized carbons (Fsp3) is 0.316. The maximum absolute atomic E-state index is 12.7. The fourth-order valence-corrected chi connectivity index (χ4v) is 2.25. The summed E-state index contributed by atoms with van der Waals surface area (Å²) in [6, 6.07) is 14.7. The molecule has 5 nitrogen and oxygen atoms in total. The van der Waals surface area contributed by atoms with Crippen molar-refractivity contribution in [2.45, 2.75) is 6.92 Å². The van der Waals surface area contributed by atoms with Gasteiger partial charge in [-0.25, -0.2) is 0 Å². The summed E-state index contributed by atoms with van der Waals surface area (Å²) >= 11 is 0. The Balaban J connectivity index is 0.00000312. The van der Waals surface area contributed by atoms with E-state index in [2.05, 4.69) is 5.32 Å². The minimum absolute atomic E-state index is 0. The molecular weight excluding hydrogens is 340 g/mol. The number of ether oxygens (including phenoxy) is 2. The zero-order valence-corrected chi connectivity index (χ0v) is 15.6. The molecule has 0 heterocycles. The van der Waals surface area contributed by atoms with Crippen molar-refractivity contribution in [3.05, 3.63) is 54.1 Å². The van der Waals surface area contributed by atoms with Gasteiger partial charge >= 0.3 is 0 Å². The van der Waals surface area contributed by atoms with Crippen LogP contribution >= 0.6 is 12.4 Å². The van der Waals surface area contributed by atoms with E-state index in [1.807, 2.05) is 50.4 Å². The number of hydrogen-bond acceptors (Lipinski definition) is 4. The predicted molar refractivity (Wildman–Crippen MR) is 102 cm³/mol. The van der Waals surface area contributed by atoms with E-state index in [1.165, 1.54) is 0 Å². The number of halogens is 1. The highest BCUT2D eigenvalue weighted by Crippen LogP contribution is 2.33. The van der Waals surface area contributed by atoms with Crippen LogP contribution in [0, 0.1) is 0 Å². The Kier molecular flexibility index (Phi) is 8.81. The average molecular weight is 365 g/mol. The topological polar surface area (TPSA) is 50.8 Å². The Hall–Kier alpha value is -2.24. The van der Waals surface area contributed by atoms with Crippen LogP contribution in [-0.4, -0.2) is 44.6 Å². The third kappa shape index (κ3) is 5.66. The van der Waals surface area contributed by atoms with Crippen LogP contribution in [0.2, 0.25) is 0 Å². The van der Waals surface area contributed by atoms with Crippen molar-refractivity contribution in [2.75, 3.05) is 33.8 Å². The van der Waals surface area contributed by atoms with Crippen molar-refractivity contribution in [1.29, 1.82) is 0 Å². The Labute approximate surface area is 155 Å². The van der Waals surface area contributed by atoms with Crippen LogP contribution in [0.3, 0.4) is 0 Å². The van der Waals surface area contributed by atoms with Crippen molar-refractivity contribution in [3.63, 3.8) is 0 Å². The quantitative estimate of drug-likeness (QED) is 0.777. The number of para-hydroxylation sites is 3. The first-order valence-electron chi connectivity index (χ1n) is 8.06. The molecule has 0 aromatic heterocycles. The second-order valence-corrected chi connectivity index (χ2v) is 5.31. The number of benzene rings is 2. The highest BCUT2D eigenvalue weighted by molar-refractivity contribution is 5.96. The van der Waals surface area contributed by atoms with Crippen molar-refractivity contribution in [2.24, 2.45) is 0 Å². The Morgan fingerprint density at radius 1 is 1.04 bits per heavy atom. The van der Waals surface area contributed by atoms with Crippen molar-refractivity contribution < 1.29 is 14.3 Å². The van der Waals surface area contributed by atoms with Gasteiger partial charge in [0.15, 0.2) is 11.5 Å². The van der Waals surface area contributed by atoms with Gasteiger partial charge < -0.3 is 19.7 Å². The van der Waals surface area contributed by atoms with E-state index >= 15 is 0 Å². The van der Waals surface area contributed by atoms with Gasteiger partial charge in [-0.3, -0.25) is 4.79 Å². The number of carbonyl (C=O) groups excluding carboxylic acids is 1. The first-order chi connectivity index (χ1) is 11.7. The van der Waals surface area contributed by atoms with Gasteiger partial charge in [0.2, 0.25) is 0 Å². The van der Waals surface area contributed by atoms with Crippen molar-refractivity contribution in [3.8, 4) is 17.2 Å². The molecule has 0 aliphatic rings. The summed E-state index contributed by atoms with van der Waals surface area (Å²) in [6.07, 6.45) is 0. The minimum atomic E-state index is -0.0743. The maximum atomic E-state index is 12.7. The molecule has 0 aliphatic heterocycles. The number of rotatable bonds is 8. The normalized spacial score (nSPS) is 9.88. The second-order valence-electron chi connectivity index (χ2n) is 5.31. The van der Waals surface area contributed by atoms with E-state index < -0.39 is 0 Å². The van der Waals surface area contributed by atoms with Crippen LogP contribution in [0.15, 0.2) is 48.5 Å². The van der Waals surface area contributed by atoms with Crippen LogP contribution in [-0.2, 0) is 0 Å². The van der Waals surface area contributed by atoms with E-state index in [0.29, 0.717) is 36.0 Å². The zero-order valence-electron chi connectivity index (χ0n) is 14.8. The van der Waals surface area contributed by atoms with E-state index in [4.69, 9.17) is 9.47 Å². The molecule has 1 N–H and O–H groups in total. The molecule has 0 atom stereocenters. The summed E-state index contributed by atoms with van der Waals surface area (Å²) in [4.78, 5) is 14.3. The van der Waals surface area contributed by atoms with E-state index in [1.54, 1.807) is 24.1 Å². The summed E-state index contributed by atoms with van der Waals surface area (Å²) in [7, 11) is 3.64. The minimum Gasteiger partial charge on any atom is -0.490 e. The number of likely N-dealkylation sites (N-methyl/N-ethyl adjacent to an activating group) is 2. The molecule has 0 bridgehead atoms. The molecule has 0 fully saturated rings. The largest absolute Gasteiger partial charge is 0.490 e.